The zero-order valence-corrected chi connectivity index (χ0v) is 20.4. The standard InChI is InChI=1S/C24H26N8O3S/c33-20-6-3-4-18-17-12-16(14-32(18)20)13-31(15-17)24(35)26-22-21(27-28-36-22)23(34)30-10-8-29(9-11-30)19-5-1-2-7-25-19/h1-7,16-17H,8-15H2,(H,26,35). The highest BCUT2D eigenvalue weighted by Gasteiger charge is 2.37. The van der Waals surface area contributed by atoms with Crippen LogP contribution >= 0.6 is 11.5 Å². The highest BCUT2D eigenvalue weighted by molar-refractivity contribution is 7.10. The summed E-state index contributed by atoms with van der Waals surface area (Å²) in [6, 6.07) is 10.9. The van der Waals surface area contributed by atoms with Crippen molar-refractivity contribution in [2.24, 2.45) is 5.92 Å². The number of aromatic nitrogens is 4. The lowest BCUT2D eigenvalue weighted by atomic mass is 9.83. The van der Waals surface area contributed by atoms with Crippen LogP contribution in [0.25, 0.3) is 0 Å². The Kier molecular flexibility index (Phi) is 5.88. The lowest BCUT2D eigenvalue weighted by Gasteiger charge is -2.42. The van der Waals surface area contributed by atoms with E-state index < -0.39 is 0 Å². The van der Waals surface area contributed by atoms with Gasteiger partial charge in [-0.1, -0.05) is 16.6 Å². The summed E-state index contributed by atoms with van der Waals surface area (Å²) >= 11 is 1.01. The molecular formula is C24H26N8O3S. The number of rotatable bonds is 3. The van der Waals surface area contributed by atoms with Gasteiger partial charge in [0.1, 0.15) is 5.82 Å². The lowest BCUT2D eigenvalue weighted by molar-refractivity contribution is 0.0741. The van der Waals surface area contributed by atoms with E-state index in [4.69, 9.17) is 0 Å². The third kappa shape index (κ3) is 4.21. The predicted molar refractivity (Wildman–Crippen MR) is 134 cm³/mol. The number of likely N-dealkylation sites (tertiary alicyclic amines) is 1. The molecule has 186 valence electrons. The van der Waals surface area contributed by atoms with E-state index in [-0.39, 0.29) is 35.0 Å². The molecule has 6 heterocycles. The van der Waals surface area contributed by atoms with E-state index in [9.17, 15) is 14.4 Å². The summed E-state index contributed by atoms with van der Waals surface area (Å²) in [6.45, 7) is 4.12. The molecular weight excluding hydrogens is 480 g/mol. The molecule has 6 rings (SSSR count). The van der Waals surface area contributed by atoms with E-state index in [0.717, 1.165) is 29.5 Å². The molecule has 3 amide bonds. The van der Waals surface area contributed by atoms with Gasteiger partial charge in [-0.2, -0.15) is 0 Å². The maximum absolute atomic E-state index is 13.2. The van der Waals surface area contributed by atoms with Gasteiger partial charge in [-0.3, -0.25) is 14.9 Å². The largest absolute Gasteiger partial charge is 0.353 e. The number of fused-ring (bicyclic) bond motifs is 4. The number of anilines is 2. The van der Waals surface area contributed by atoms with Crippen molar-refractivity contribution in [1.82, 2.24) is 28.9 Å². The van der Waals surface area contributed by atoms with Crippen molar-refractivity contribution in [3.05, 3.63) is 64.3 Å². The Labute approximate surface area is 211 Å². The minimum Gasteiger partial charge on any atom is -0.353 e. The van der Waals surface area contributed by atoms with E-state index in [2.05, 4.69) is 24.8 Å². The van der Waals surface area contributed by atoms with E-state index in [1.165, 1.54) is 0 Å². The van der Waals surface area contributed by atoms with Crippen molar-refractivity contribution < 1.29 is 9.59 Å². The van der Waals surface area contributed by atoms with Crippen molar-refractivity contribution in [3.8, 4) is 0 Å². The maximum Gasteiger partial charge on any atom is 0.322 e. The molecule has 2 saturated heterocycles. The fourth-order valence-corrected chi connectivity index (χ4v) is 6.03. The second-order valence-corrected chi connectivity index (χ2v) is 10.2. The maximum atomic E-state index is 13.2. The molecule has 1 N–H and O–H groups in total. The van der Waals surface area contributed by atoms with Crippen LogP contribution in [0.2, 0.25) is 0 Å². The van der Waals surface area contributed by atoms with Gasteiger partial charge in [0.05, 0.1) is 0 Å². The molecule has 3 aliphatic heterocycles. The molecule has 2 fully saturated rings. The van der Waals surface area contributed by atoms with Crippen molar-refractivity contribution in [3.63, 3.8) is 0 Å². The van der Waals surface area contributed by atoms with Crippen LogP contribution in [0.3, 0.4) is 0 Å². The quantitative estimate of drug-likeness (QED) is 0.575. The summed E-state index contributed by atoms with van der Waals surface area (Å²) in [5.41, 5.74) is 1.17. The molecule has 2 atom stereocenters. The van der Waals surface area contributed by atoms with Crippen molar-refractivity contribution in [2.75, 3.05) is 49.5 Å². The zero-order valence-electron chi connectivity index (χ0n) is 19.6. The monoisotopic (exact) mass is 506 g/mol. The van der Waals surface area contributed by atoms with Gasteiger partial charge in [-0.15, -0.1) is 5.10 Å². The fraction of sp³-hybridized carbons (Fsp3) is 0.417. The van der Waals surface area contributed by atoms with Crippen molar-refractivity contribution in [1.29, 1.82) is 0 Å². The molecule has 0 radical (unpaired) electrons. The second kappa shape index (κ2) is 9.34. The summed E-state index contributed by atoms with van der Waals surface area (Å²) in [5, 5.41) is 7.29. The summed E-state index contributed by atoms with van der Waals surface area (Å²) in [4.78, 5) is 48.7. The number of amides is 3. The normalized spacial score (nSPS) is 21.2. The molecule has 3 aromatic rings. The van der Waals surface area contributed by atoms with Gasteiger partial charge < -0.3 is 19.3 Å². The van der Waals surface area contributed by atoms with Crippen LogP contribution in [-0.4, -0.2) is 80.1 Å². The van der Waals surface area contributed by atoms with Gasteiger partial charge in [0, 0.05) is 81.2 Å². The van der Waals surface area contributed by atoms with Gasteiger partial charge >= 0.3 is 6.03 Å². The third-order valence-corrected chi connectivity index (χ3v) is 7.86. The smallest absolute Gasteiger partial charge is 0.322 e. The first-order chi connectivity index (χ1) is 17.6. The Hall–Kier alpha value is -3.80. The molecule has 0 spiro atoms. The summed E-state index contributed by atoms with van der Waals surface area (Å²) in [7, 11) is 0. The third-order valence-electron chi connectivity index (χ3n) is 7.22. The molecule has 11 nitrogen and oxygen atoms in total. The van der Waals surface area contributed by atoms with Crippen molar-refractivity contribution in [2.45, 2.75) is 18.9 Å². The molecule has 0 aliphatic carbocycles. The van der Waals surface area contributed by atoms with Crippen LogP contribution in [0.4, 0.5) is 15.6 Å². The average Bonchev–Trinajstić information content (AvgIpc) is 3.37. The summed E-state index contributed by atoms with van der Waals surface area (Å²) < 4.78 is 5.79. The SMILES string of the molecule is O=C(Nc1snnc1C(=O)N1CCN(c2ccccn2)CC1)N1CC2CC(C1)c1cccc(=O)n1C2. The summed E-state index contributed by atoms with van der Waals surface area (Å²) in [5.74, 6) is 1.00. The molecule has 12 heteroatoms. The Morgan fingerprint density at radius 2 is 1.83 bits per heavy atom. The Bertz CT molecular complexity index is 1330. The van der Waals surface area contributed by atoms with Crippen molar-refractivity contribution >= 4 is 34.3 Å². The average molecular weight is 507 g/mol. The fourth-order valence-electron chi connectivity index (χ4n) is 5.48. The van der Waals surface area contributed by atoms with Gasteiger partial charge in [0.25, 0.3) is 11.5 Å². The Balaban J connectivity index is 1.10. The van der Waals surface area contributed by atoms with Crippen LogP contribution in [0.15, 0.2) is 47.4 Å². The highest BCUT2D eigenvalue weighted by atomic mass is 32.1. The number of hydrogen-bond acceptors (Lipinski definition) is 8. The van der Waals surface area contributed by atoms with Gasteiger partial charge in [0.2, 0.25) is 0 Å². The number of pyridine rings is 2. The minimum absolute atomic E-state index is 0.0138. The van der Waals surface area contributed by atoms with Crippen LogP contribution in [0.1, 0.15) is 28.5 Å². The van der Waals surface area contributed by atoms with Crippen LogP contribution in [0.5, 0.6) is 0 Å². The van der Waals surface area contributed by atoms with E-state index in [1.54, 1.807) is 28.1 Å². The number of nitrogens with one attached hydrogen (secondary N) is 1. The van der Waals surface area contributed by atoms with E-state index in [0.29, 0.717) is 50.8 Å². The highest BCUT2D eigenvalue weighted by Crippen LogP contribution is 2.35. The zero-order chi connectivity index (χ0) is 24.6. The van der Waals surface area contributed by atoms with Gasteiger partial charge in [-0.25, -0.2) is 9.78 Å². The number of hydrogen-bond donors (Lipinski definition) is 1. The van der Waals surface area contributed by atoms with Crippen LogP contribution < -0.4 is 15.8 Å². The first kappa shape index (κ1) is 22.7. The molecule has 36 heavy (non-hydrogen) atoms. The minimum atomic E-state index is -0.267. The number of piperazine rings is 1. The number of piperidine rings is 1. The number of urea groups is 1. The molecule has 3 aromatic heterocycles. The summed E-state index contributed by atoms with van der Waals surface area (Å²) in [6.07, 6.45) is 2.72. The van der Waals surface area contributed by atoms with Crippen LogP contribution in [-0.2, 0) is 6.54 Å². The van der Waals surface area contributed by atoms with E-state index in [1.807, 2.05) is 28.8 Å². The molecule has 3 aliphatic rings. The first-order valence-corrected chi connectivity index (χ1v) is 12.9. The molecule has 0 aromatic carbocycles. The number of carbonyl (C=O) groups excluding carboxylic acids is 2. The lowest BCUT2D eigenvalue weighted by Crippen LogP contribution is -2.50. The topological polar surface area (TPSA) is 117 Å². The van der Waals surface area contributed by atoms with E-state index >= 15 is 0 Å². The molecule has 2 unspecified atom stereocenters. The Morgan fingerprint density at radius 3 is 2.64 bits per heavy atom. The van der Waals surface area contributed by atoms with Gasteiger partial charge in [0.15, 0.2) is 10.7 Å². The molecule has 0 saturated carbocycles. The predicted octanol–water partition coefficient (Wildman–Crippen LogP) is 1.71. The molecule has 2 bridgehead atoms. The Morgan fingerprint density at radius 1 is 0.972 bits per heavy atom. The number of carbonyl (C=O) groups is 2. The second-order valence-electron chi connectivity index (χ2n) is 9.45. The first-order valence-electron chi connectivity index (χ1n) is 12.1. The van der Waals surface area contributed by atoms with Gasteiger partial charge in [-0.05, 0) is 30.5 Å². The number of nitrogens with zero attached hydrogens (tertiary/aromatic N) is 7. The van der Waals surface area contributed by atoms with Crippen LogP contribution in [0, 0.1) is 5.92 Å².